The van der Waals surface area contributed by atoms with Gasteiger partial charge in [-0.15, -0.1) is 0 Å². The van der Waals surface area contributed by atoms with E-state index in [0.717, 1.165) is 5.56 Å². The minimum atomic E-state index is -0.940. The van der Waals surface area contributed by atoms with Gasteiger partial charge in [-0.2, -0.15) is 0 Å². The van der Waals surface area contributed by atoms with E-state index in [2.05, 4.69) is 10.6 Å². The summed E-state index contributed by atoms with van der Waals surface area (Å²) in [6.07, 6.45) is 1.21. The second-order valence-electron chi connectivity index (χ2n) is 10.3. The molecule has 194 valence electrons. The van der Waals surface area contributed by atoms with Crippen molar-refractivity contribution in [3.63, 3.8) is 0 Å². The molecule has 3 amide bonds. The van der Waals surface area contributed by atoms with Crippen molar-refractivity contribution in [3.05, 3.63) is 35.9 Å². The van der Waals surface area contributed by atoms with Gasteiger partial charge in [0.1, 0.15) is 23.7 Å². The molecule has 0 spiro atoms. The van der Waals surface area contributed by atoms with Gasteiger partial charge in [-0.3, -0.25) is 14.5 Å². The number of carbonyl (C=O) groups excluding carboxylic acids is 4. The summed E-state index contributed by atoms with van der Waals surface area (Å²) in [5.41, 5.74) is 0.164. The molecule has 3 atom stereocenters. The van der Waals surface area contributed by atoms with Crippen molar-refractivity contribution in [1.29, 1.82) is 0 Å². The number of ether oxygens (including phenoxy) is 2. The van der Waals surface area contributed by atoms with Crippen LogP contribution in [0.15, 0.2) is 30.3 Å². The number of amides is 3. The number of carbonyl (C=O) groups is 4. The van der Waals surface area contributed by atoms with Gasteiger partial charge in [0.2, 0.25) is 11.8 Å². The minimum Gasteiger partial charge on any atom is -0.467 e. The van der Waals surface area contributed by atoms with Crippen molar-refractivity contribution >= 4 is 23.9 Å². The van der Waals surface area contributed by atoms with Gasteiger partial charge in [-0.25, -0.2) is 9.59 Å². The molecule has 1 aliphatic heterocycles. The molecular formula is C26H39N3O6. The molecule has 1 heterocycles. The van der Waals surface area contributed by atoms with E-state index in [1.807, 2.05) is 44.2 Å². The lowest BCUT2D eigenvalue weighted by Gasteiger charge is -2.29. The Morgan fingerprint density at radius 2 is 1.71 bits per heavy atom. The van der Waals surface area contributed by atoms with Crippen molar-refractivity contribution < 1.29 is 28.7 Å². The Balaban J connectivity index is 2.20. The molecule has 9 heteroatoms. The summed E-state index contributed by atoms with van der Waals surface area (Å²) in [7, 11) is 1.27. The molecule has 9 nitrogen and oxygen atoms in total. The lowest BCUT2D eigenvalue weighted by atomic mass is 10.0. The summed E-state index contributed by atoms with van der Waals surface area (Å²) in [6.45, 7) is 9.59. The van der Waals surface area contributed by atoms with Crippen molar-refractivity contribution in [1.82, 2.24) is 15.5 Å². The van der Waals surface area contributed by atoms with Crippen LogP contribution in [0, 0.1) is 5.92 Å². The van der Waals surface area contributed by atoms with Crippen molar-refractivity contribution in [2.75, 3.05) is 13.7 Å². The zero-order valence-corrected chi connectivity index (χ0v) is 21.6. The molecule has 0 aromatic heterocycles. The quantitative estimate of drug-likeness (QED) is 0.516. The van der Waals surface area contributed by atoms with E-state index in [1.165, 1.54) is 12.0 Å². The molecule has 2 rings (SSSR count). The molecule has 0 radical (unpaired) electrons. The van der Waals surface area contributed by atoms with Crippen LogP contribution in [0.25, 0.3) is 0 Å². The third kappa shape index (κ3) is 8.88. The maximum Gasteiger partial charge on any atom is 0.410 e. The lowest BCUT2D eigenvalue weighted by molar-refractivity contribution is -0.145. The number of rotatable bonds is 9. The van der Waals surface area contributed by atoms with Crippen LogP contribution in [0.4, 0.5) is 4.79 Å². The van der Waals surface area contributed by atoms with Crippen LogP contribution in [0.3, 0.4) is 0 Å². The number of likely N-dealkylation sites (tertiary alicyclic amines) is 1. The summed E-state index contributed by atoms with van der Waals surface area (Å²) in [5, 5.41) is 5.56. The fraction of sp³-hybridized carbons (Fsp3) is 0.615. The zero-order chi connectivity index (χ0) is 26.2. The number of methoxy groups -OCH3 is 1. The van der Waals surface area contributed by atoms with Crippen LogP contribution in [0.1, 0.15) is 59.4 Å². The maximum absolute atomic E-state index is 13.3. The van der Waals surface area contributed by atoms with E-state index >= 15 is 0 Å². The van der Waals surface area contributed by atoms with Crippen LogP contribution in [0.5, 0.6) is 0 Å². The van der Waals surface area contributed by atoms with Gasteiger partial charge in [0.15, 0.2) is 0 Å². The first kappa shape index (κ1) is 28.1. The van der Waals surface area contributed by atoms with E-state index in [4.69, 9.17) is 9.47 Å². The topological polar surface area (TPSA) is 114 Å². The first-order chi connectivity index (χ1) is 16.4. The average molecular weight is 490 g/mol. The number of esters is 1. The third-order valence-corrected chi connectivity index (χ3v) is 5.61. The normalized spacial score (nSPS) is 17.5. The van der Waals surface area contributed by atoms with Crippen molar-refractivity contribution in [2.45, 2.75) is 84.0 Å². The number of benzene rings is 1. The summed E-state index contributed by atoms with van der Waals surface area (Å²) >= 11 is 0. The highest BCUT2D eigenvalue weighted by atomic mass is 16.6. The smallest absolute Gasteiger partial charge is 0.410 e. The summed E-state index contributed by atoms with van der Waals surface area (Å²) in [6, 6.07) is 6.79. The SMILES string of the molecule is COC(=O)[C@H](CC(C)C)NC(=O)[C@@H](Cc1ccccc1)NC(=O)[C@H]1CCCN1C(=O)OC(C)(C)C. The van der Waals surface area contributed by atoms with Crippen LogP contribution < -0.4 is 10.6 Å². The molecule has 1 aromatic rings. The molecule has 0 saturated carbocycles. The van der Waals surface area contributed by atoms with Crippen LogP contribution in [-0.4, -0.2) is 66.2 Å². The molecule has 1 fully saturated rings. The number of nitrogens with one attached hydrogen (secondary N) is 2. The highest BCUT2D eigenvalue weighted by Gasteiger charge is 2.38. The molecule has 1 aromatic carbocycles. The highest BCUT2D eigenvalue weighted by molar-refractivity contribution is 5.93. The summed E-state index contributed by atoms with van der Waals surface area (Å²) in [5.74, 6) is -1.31. The number of hydrogen-bond donors (Lipinski definition) is 2. The Kier molecular flexibility index (Phi) is 10.1. The summed E-state index contributed by atoms with van der Waals surface area (Å²) < 4.78 is 10.3. The van der Waals surface area contributed by atoms with Crippen LogP contribution in [-0.2, 0) is 30.3 Å². The molecular weight excluding hydrogens is 450 g/mol. The first-order valence-electron chi connectivity index (χ1n) is 12.1. The molecule has 0 bridgehead atoms. The van der Waals surface area contributed by atoms with Crippen molar-refractivity contribution in [3.8, 4) is 0 Å². The minimum absolute atomic E-state index is 0.141. The second-order valence-corrected chi connectivity index (χ2v) is 10.3. The monoisotopic (exact) mass is 489 g/mol. The first-order valence-corrected chi connectivity index (χ1v) is 12.1. The largest absolute Gasteiger partial charge is 0.467 e. The lowest BCUT2D eigenvalue weighted by Crippen LogP contribution is -2.56. The van der Waals surface area contributed by atoms with E-state index in [1.54, 1.807) is 20.8 Å². The van der Waals surface area contributed by atoms with Gasteiger partial charge in [-0.05, 0) is 51.5 Å². The molecule has 1 aliphatic rings. The van der Waals surface area contributed by atoms with E-state index < -0.39 is 47.6 Å². The van der Waals surface area contributed by atoms with Crippen molar-refractivity contribution in [2.24, 2.45) is 5.92 Å². The number of hydrogen-bond acceptors (Lipinski definition) is 6. The second kappa shape index (κ2) is 12.6. The summed E-state index contributed by atoms with van der Waals surface area (Å²) in [4.78, 5) is 52.8. The highest BCUT2D eigenvalue weighted by Crippen LogP contribution is 2.21. The molecule has 35 heavy (non-hydrogen) atoms. The predicted octanol–water partition coefficient (Wildman–Crippen LogP) is 2.82. The van der Waals surface area contributed by atoms with Gasteiger partial charge in [0.05, 0.1) is 7.11 Å². The zero-order valence-electron chi connectivity index (χ0n) is 21.6. The fourth-order valence-electron chi connectivity index (χ4n) is 4.01. The molecule has 0 aliphatic carbocycles. The Morgan fingerprint density at radius 3 is 2.29 bits per heavy atom. The van der Waals surface area contributed by atoms with Gasteiger partial charge >= 0.3 is 12.1 Å². The number of nitrogens with zero attached hydrogens (tertiary/aromatic N) is 1. The Bertz CT molecular complexity index is 881. The van der Waals surface area contributed by atoms with Gasteiger partial charge in [-0.1, -0.05) is 44.2 Å². The van der Waals surface area contributed by atoms with Gasteiger partial charge in [0.25, 0.3) is 0 Å². The van der Waals surface area contributed by atoms with Crippen LogP contribution >= 0.6 is 0 Å². The molecule has 2 N–H and O–H groups in total. The predicted molar refractivity (Wildman–Crippen MR) is 131 cm³/mol. The van der Waals surface area contributed by atoms with E-state index in [9.17, 15) is 19.2 Å². The average Bonchev–Trinajstić information content (AvgIpc) is 3.27. The van der Waals surface area contributed by atoms with E-state index in [-0.39, 0.29) is 12.3 Å². The Labute approximate surface area is 207 Å². The molecule has 1 saturated heterocycles. The third-order valence-electron chi connectivity index (χ3n) is 5.61. The Hall–Kier alpha value is -3.10. The van der Waals surface area contributed by atoms with Gasteiger partial charge in [0, 0.05) is 13.0 Å². The standard InChI is InChI=1S/C26H39N3O6/c1-17(2)15-20(24(32)34-6)28-22(30)19(16-18-11-8-7-9-12-18)27-23(31)21-13-10-14-29(21)25(33)35-26(3,4)5/h7-9,11-12,17,19-21H,10,13-16H2,1-6H3,(H,27,31)(H,28,30)/t19-,20+,21-/m1/s1. The molecule has 0 unspecified atom stereocenters. The van der Waals surface area contributed by atoms with Crippen LogP contribution in [0.2, 0.25) is 0 Å². The van der Waals surface area contributed by atoms with E-state index in [0.29, 0.717) is 25.8 Å². The van der Waals surface area contributed by atoms with Gasteiger partial charge < -0.3 is 20.1 Å². The Morgan fingerprint density at radius 1 is 1.06 bits per heavy atom. The fourth-order valence-corrected chi connectivity index (χ4v) is 4.01. The maximum atomic E-state index is 13.3.